The maximum absolute atomic E-state index is 13.0. The van der Waals surface area contributed by atoms with Gasteiger partial charge in [0.25, 0.3) is 5.91 Å². The van der Waals surface area contributed by atoms with Gasteiger partial charge in [0, 0.05) is 13.1 Å². The number of para-hydroxylation sites is 2. The molecule has 5 heteroatoms. The van der Waals surface area contributed by atoms with Crippen LogP contribution in [0.5, 0.6) is 5.75 Å². The standard InChI is InChI=1S/C24H21N3O2/c1-17(29-20-13-11-19(12-14-20)18-7-3-2-4-8-18)23(28)27-16-15-26-22-10-6-5-9-21(22)25-24(26)27/h2-14,17H,15-16H2,1H3. The molecule has 0 fully saturated rings. The highest BCUT2D eigenvalue weighted by atomic mass is 16.5. The zero-order chi connectivity index (χ0) is 19.8. The summed E-state index contributed by atoms with van der Waals surface area (Å²) in [7, 11) is 0. The number of rotatable bonds is 4. The number of nitrogens with zero attached hydrogens (tertiary/aromatic N) is 3. The Morgan fingerprint density at radius 1 is 0.897 bits per heavy atom. The van der Waals surface area contributed by atoms with Crippen molar-refractivity contribution in [2.45, 2.75) is 19.6 Å². The third kappa shape index (κ3) is 3.14. The van der Waals surface area contributed by atoms with Gasteiger partial charge in [-0.1, -0.05) is 54.6 Å². The monoisotopic (exact) mass is 383 g/mol. The van der Waals surface area contributed by atoms with E-state index in [4.69, 9.17) is 4.74 Å². The summed E-state index contributed by atoms with van der Waals surface area (Å²) in [5, 5.41) is 0. The van der Waals surface area contributed by atoms with Gasteiger partial charge in [0.1, 0.15) is 5.75 Å². The van der Waals surface area contributed by atoms with Gasteiger partial charge in [-0.25, -0.2) is 4.98 Å². The summed E-state index contributed by atoms with van der Waals surface area (Å²) < 4.78 is 8.03. The van der Waals surface area contributed by atoms with Crippen LogP contribution in [0.3, 0.4) is 0 Å². The zero-order valence-corrected chi connectivity index (χ0v) is 16.2. The van der Waals surface area contributed by atoms with E-state index in [9.17, 15) is 4.79 Å². The molecule has 5 rings (SSSR count). The minimum absolute atomic E-state index is 0.0776. The van der Waals surface area contributed by atoms with Crippen molar-refractivity contribution in [3.05, 3.63) is 78.9 Å². The molecular formula is C24H21N3O2. The van der Waals surface area contributed by atoms with Crippen molar-refractivity contribution in [1.82, 2.24) is 9.55 Å². The maximum Gasteiger partial charge on any atom is 0.270 e. The third-order valence-corrected chi connectivity index (χ3v) is 5.31. The van der Waals surface area contributed by atoms with Gasteiger partial charge in [-0.15, -0.1) is 0 Å². The van der Waals surface area contributed by atoms with Crippen LogP contribution >= 0.6 is 0 Å². The number of hydrogen-bond donors (Lipinski definition) is 0. The molecule has 0 spiro atoms. The van der Waals surface area contributed by atoms with Crippen LogP contribution in [-0.2, 0) is 11.3 Å². The molecule has 1 unspecified atom stereocenters. The molecule has 0 aliphatic carbocycles. The van der Waals surface area contributed by atoms with Crippen LogP contribution in [0.1, 0.15) is 6.92 Å². The van der Waals surface area contributed by atoms with Crippen molar-refractivity contribution in [1.29, 1.82) is 0 Å². The first-order chi connectivity index (χ1) is 14.2. The van der Waals surface area contributed by atoms with E-state index in [1.807, 2.05) is 66.7 Å². The second-order valence-electron chi connectivity index (χ2n) is 7.19. The number of ether oxygens (including phenoxy) is 1. The Hall–Kier alpha value is -3.60. The number of anilines is 1. The highest BCUT2D eigenvalue weighted by Crippen LogP contribution is 2.28. The van der Waals surface area contributed by atoms with Crippen molar-refractivity contribution in [3.8, 4) is 16.9 Å². The number of carbonyl (C=O) groups is 1. The number of fused-ring (bicyclic) bond motifs is 3. The van der Waals surface area contributed by atoms with Crippen LogP contribution in [0.4, 0.5) is 5.95 Å². The highest BCUT2D eigenvalue weighted by Gasteiger charge is 2.31. The number of carbonyl (C=O) groups excluding carboxylic acids is 1. The van der Waals surface area contributed by atoms with Crippen molar-refractivity contribution in [2.24, 2.45) is 0 Å². The Morgan fingerprint density at radius 2 is 1.59 bits per heavy atom. The van der Waals surface area contributed by atoms with Crippen LogP contribution < -0.4 is 9.64 Å². The highest BCUT2D eigenvalue weighted by molar-refractivity contribution is 5.97. The van der Waals surface area contributed by atoms with E-state index in [0.29, 0.717) is 18.2 Å². The molecule has 0 bridgehead atoms. The fourth-order valence-corrected chi connectivity index (χ4v) is 3.83. The Kier molecular flexibility index (Phi) is 4.28. The average Bonchev–Trinajstić information content (AvgIpc) is 3.34. The van der Waals surface area contributed by atoms with Gasteiger partial charge < -0.3 is 9.30 Å². The summed E-state index contributed by atoms with van der Waals surface area (Å²) >= 11 is 0. The van der Waals surface area contributed by atoms with Gasteiger partial charge in [0.05, 0.1) is 11.0 Å². The zero-order valence-electron chi connectivity index (χ0n) is 16.2. The van der Waals surface area contributed by atoms with E-state index in [-0.39, 0.29) is 5.91 Å². The molecule has 0 radical (unpaired) electrons. The summed E-state index contributed by atoms with van der Waals surface area (Å²) in [6, 6.07) is 26.0. The van der Waals surface area contributed by atoms with Crippen LogP contribution in [0.15, 0.2) is 78.9 Å². The molecule has 0 N–H and O–H groups in total. The Bertz CT molecular complexity index is 1170. The molecule has 1 atom stereocenters. The van der Waals surface area contributed by atoms with E-state index in [0.717, 1.165) is 28.7 Å². The number of aromatic nitrogens is 2. The molecule has 5 nitrogen and oxygen atoms in total. The molecule has 1 aliphatic heterocycles. The van der Waals surface area contributed by atoms with Gasteiger partial charge in [-0.2, -0.15) is 0 Å². The third-order valence-electron chi connectivity index (χ3n) is 5.31. The molecule has 29 heavy (non-hydrogen) atoms. The lowest BCUT2D eigenvalue weighted by Gasteiger charge is -2.20. The Balaban J connectivity index is 1.32. The topological polar surface area (TPSA) is 47.4 Å². The molecule has 3 aromatic carbocycles. The van der Waals surface area contributed by atoms with Crippen LogP contribution in [0.2, 0.25) is 0 Å². The van der Waals surface area contributed by atoms with E-state index < -0.39 is 6.10 Å². The van der Waals surface area contributed by atoms with Gasteiger partial charge in [-0.05, 0) is 42.3 Å². The summed E-state index contributed by atoms with van der Waals surface area (Å²) in [5.41, 5.74) is 4.23. The predicted octanol–water partition coefficient (Wildman–Crippen LogP) is 4.52. The number of hydrogen-bond acceptors (Lipinski definition) is 3. The summed E-state index contributed by atoms with van der Waals surface area (Å²) in [6.07, 6.45) is -0.594. The smallest absolute Gasteiger partial charge is 0.270 e. The van der Waals surface area contributed by atoms with Gasteiger partial charge in [-0.3, -0.25) is 9.69 Å². The molecule has 144 valence electrons. The quantitative estimate of drug-likeness (QED) is 0.521. The summed E-state index contributed by atoms with van der Waals surface area (Å²) in [6.45, 7) is 3.16. The van der Waals surface area contributed by atoms with Gasteiger partial charge >= 0.3 is 0 Å². The number of amides is 1. The number of imidazole rings is 1. The van der Waals surface area contributed by atoms with E-state index in [1.165, 1.54) is 0 Å². The normalized spacial score (nSPS) is 14.0. The van der Waals surface area contributed by atoms with Crippen molar-refractivity contribution in [3.63, 3.8) is 0 Å². The molecular weight excluding hydrogens is 362 g/mol. The minimum Gasteiger partial charge on any atom is -0.481 e. The van der Waals surface area contributed by atoms with Gasteiger partial charge in [0.15, 0.2) is 6.10 Å². The van der Waals surface area contributed by atoms with Crippen molar-refractivity contribution < 1.29 is 9.53 Å². The number of benzene rings is 3. The summed E-state index contributed by atoms with van der Waals surface area (Å²) in [5.74, 6) is 1.30. The van der Waals surface area contributed by atoms with E-state index >= 15 is 0 Å². The SMILES string of the molecule is CC(Oc1ccc(-c2ccccc2)cc1)C(=O)N1CCn2c1nc1ccccc12. The molecule has 2 heterocycles. The van der Waals surface area contributed by atoms with E-state index in [1.54, 1.807) is 11.8 Å². The lowest BCUT2D eigenvalue weighted by atomic mass is 10.1. The second-order valence-corrected chi connectivity index (χ2v) is 7.19. The van der Waals surface area contributed by atoms with Crippen molar-refractivity contribution in [2.75, 3.05) is 11.4 Å². The average molecular weight is 383 g/mol. The molecule has 0 saturated heterocycles. The first-order valence-corrected chi connectivity index (χ1v) is 9.79. The Morgan fingerprint density at radius 3 is 2.38 bits per heavy atom. The van der Waals surface area contributed by atoms with Crippen LogP contribution in [-0.4, -0.2) is 28.1 Å². The van der Waals surface area contributed by atoms with Crippen molar-refractivity contribution >= 4 is 22.9 Å². The van der Waals surface area contributed by atoms with Crippen LogP contribution in [0.25, 0.3) is 22.2 Å². The molecule has 1 amide bonds. The minimum atomic E-state index is -0.594. The largest absolute Gasteiger partial charge is 0.481 e. The summed E-state index contributed by atoms with van der Waals surface area (Å²) in [4.78, 5) is 19.4. The Labute approximate surface area is 169 Å². The maximum atomic E-state index is 13.0. The van der Waals surface area contributed by atoms with E-state index in [2.05, 4.69) is 21.7 Å². The molecule has 4 aromatic rings. The fourth-order valence-electron chi connectivity index (χ4n) is 3.83. The lowest BCUT2D eigenvalue weighted by molar-refractivity contribution is -0.124. The molecule has 1 aliphatic rings. The second kappa shape index (κ2) is 7.09. The van der Waals surface area contributed by atoms with Gasteiger partial charge in [0.2, 0.25) is 5.95 Å². The van der Waals surface area contributed by atoms with Crippen LogP contribution in [0, 0.1) is 0 Å². The fraction of sp³-hybridized carbons (Fsp3) is 0.167. The lowest BCUT2D eigenvalue weighted by Crippen LogP contribution is -2.39. The first kappa shape index (κ1) is 17.5. The first-order valence-electron chi connectivity index (χ1n) is 9.79. The predicted molar refractivity (Wildman–Crippen MR) is 114 cm³/mol. The molecule has 1 aromatic heterocycles. The molecule has 0 saturated carbocycles.